The lowest BCUT2D eigenvalue weighted by Crippen LogP contribution is -2.49. The van der Waals surface area contributed by atoms with Gasteiger partial charge in [-0.1, -0.05) is 36.8 Å². The van der Waals surface area contributed by atoms with Gasteiger partial charge in [0.15, 0.2) is 0 Å². The smallest absolute Gasteiger partial charge is 0.238 e. The molecule has 0 bridgehead atoms. The van der Waals surface area contributed by atoms with Crippen molar-refractivity contribution in [3.05, 3.63) is 35.9 Å². The third-order valence-corrected chi connectivity index (χ3v) is 5.45. The highest BCUT2D eigenvalue weighted by Crippen LogP contribution is 2.43. The van der Waals surface area contributed by atoms with E-state index in [-0.39, 0.29) is 11.9 Å². The molecule has 1 aromatic rings. The van der Waals surface area contributed by atoms with Crippen molar-refractivity contribution < 1.29 is 4.79 Å². The van der Waals surface area contributed by atoms with Crippen LogP contribution in [0.4, 0.5) is 0 Å². The Labute approximate surface area is 124 Å². The monoisotopic (exact) mass is 290 g/mol. The summed E-state index contributed by atoms with van der Waals surface area (Å²) < 4.78 is 0. The Morgan fingerprint density at radius 1 is 1.35 bits per heavy atom. The van der Waals surface area contributed by atoms with Crippen LogP contribution in [0.15, 0.2) is 30.3 Å². The van der Waals surface area contributed by atoms with Crippen LogP contribution in [-0.2, 0) is 11.2 Å². The SMILES string of the molecule is O=C(NCC1(Cc2ccccc2)CCC1)C1CSCN1. The zero-order chi connectivity index (χ0) is 13.8. The quantitative estimate of drug-likeness (QED) is 0.873. The molecule has 1 amide bonds. The fourth-order valence-corrected chi connectivity index (χ4v) is 4.02. The Balaban J connectivity index is 1.55. The summed E-state index contributed by atoms with van der Waals surface area (Å²) >= 11 is 1.79. The summed E-state index contributed by atoms with van der Waals surface area (Å²) in [6.45, 7) is 0.823. The van der Waals surface area contributed by atoms with E-state index >= 15 is 0 Å². The van der Waals surface area contributed by atoms with Gasteiger partial charge in [0.1, 0.15) is 0 Å². The second-order valence-corrected chi connectivity index (χ2v) is 7.04. The molecule has 1 saturated carbocycles. The van der Waals surface area contributed by atoms with Gasteiger partial charge >= 0.3 is 0 Å². The summed E-state index contributed by atoms with van der Waals surface area (Å²) in [6.07, 6.45) is 4.84. The molecule has 20 heavy (non-hydrogen) atoms. The van der Waals surface area contributed by atoms with Crippen LogP contribution in [0.25, 0.3) is 0 Å². The summed E-state index contributed by atoms with van der Waals surface area (Å²) in [5, 5.41) is 6.40. The fourth-order valence-electron chi connectivity index (χ4n) is 3.08. The molecule has 0 radical (unpaired) electrons. The summed E-state index contributed by atoms with van der Waals surface area (Å²) in [5.41, 5.74) is 1.68. The maximum atomic E-state index is 12.1. The van der Waals surface area contributed by atoms with Crippen molar-refractivity contribution in [3.8, 4) is 0 Å². The standard InChI is InChI=1S/C16H22N2OS/c19-15(14-10-20-12-18-14)17-11-16(7-4-8-16)9-13-5-2-1-3-6-13/h1-3,5-6,14,18H,4,7-12H2,(H,17,19). The first-order valence-electron chi connectivity index (χ1n) is 7.40. The van der Waals surface area contributed by atoms with Gasteiger partial charge in [0.05, 0.1) is 6.04 Å². The highest BCUT2D eigenvalue weighted by Gasteiger charge is 2.37. The summed E-state index contributed by atoms with van der Waals surface area (Å²) in [5.74, 6) is 1.97. The normalized spacial score (nSPS) is 24.1. The molecule has 1 aromatic carbocycles. The van der Waals surface area contributed by atoms with E-state index in [0.29, 0.717) is 5.41 Å². The molecule has 108 valence electrons. The second-order valence-electron chi connectivity index (χ2n) is 6.01. The largest absolute Gasteiger partial charge is 0.354 e. The molecule has 1 saturated heterocycles. The molecule has 0 spiro atoms. The number of amides is 1. The maximum Gasteiger partial charge on any atom is 0.238 e. The van der Waals surface area contributed by atoms with E-state index in [4.69, 9.17) is 0 Å². The highest BCUT2D eigenvalue weighted by atomic mass is 32.2. The molecule has 3 nitrogen and oxygen atoms in total. The minimum absolute atomic E-state index is 0.00820. The van der Waals surface area contributed by atoms with Gasteiger partial charge in [0.25, 0.3) is 0 Å². The molecule has 1 aliphatic heterocycles. The lowest BCUT2D eigenvalue weighted by Gasteiger charge is -2.42. The van der Waals surface area contributed by atoms with Gasteiger partial charge < -0.3 is 5.32 Å². The van der Waals surface area contributed by atoms with Crippen LogP contribution in [0, 0.1) is 5.41 Å². The lowest BCUT2D eigenvalue weighted by molar-refractivity contribution is -0.123. The van der Waals surface area contributed by atoms with Crippen molar-refractivity contribution in [3.63, 3.8) is 0 Å². The van der Waals surface area contributed by atoms with Gasteiger partial charge in [0, 0.05) is 18.2 Å². The van der Waals surface area contributed by atoms with Crippen LogP contribution < -0.4 is 10.6 Å². The molecule has 3 rings (SSSR count). The predicted molar refractivity (Wildman–Crippen MR) is 83.7 cm³/mol. The first kappa shape index (κ1) is 14.0. The van der Waals surface area contributed by atoms with E-state index in [1.807, 2.05) is 0 Å². The molecule has 2 N–H and O–H groups in total. The molecular weight excluding hydrogens is 268 g/mol. The van der Waals surface area contributed by atoms with Crippen LogP contribution in [0.3, 0.4) is 0 Å². The first-order valence-corrected chi connectivity index (χ1v) is 8.56. The molecule has 2 fully saturated rings. The third-order valence-electron chi connectivity index (χ3n) is 4.51. The third kappa shape index (κ3) is 3.18. The number of carbonyl (C=O) groups excluding carboxylic acids is 1. The van der Waals surface area contributed by atoms with Crippen LogP contribution in [-0.4, -0.2) is 30.1 Å². The molecule has 2 aliphatic rings. The van der Waals surface area contributed by atoms with Gasteiger partial charge in [-0.15, -0.1) is 11.8 Å². The Hall–Kier alpha value is -1.00. The minimum Gasteiger partial charge on any atom is -0.354 e. The first-order chi connectivity index (χ1) is 9.77. The number of rotatable bonds is 5. The Kier molecular flexibility index (Phi) is 4.32. The Bertz CT molecular complexity index is 453. The Morgan fingerprint density at radius 2 is 2.15 bits per heavy atom. The molecule has 1 unspecified atom stereocenters. The molecule has 1 aliphatic carbocycles. The summed E-state index contributed by atoms with van der Waals surface area (Å²) in [4.78, 5) is 12.1. The van der Waals surface area contributed by atoms with E-state index in [0.717, 1.165) is 24.6 Å². The van der Waals surface area contributed by atoms with Gasteiger partial charge in [-0.2, -0.15) is 0 Å². The zero-order valence-corrected chi connectivity index (χ0v) is 12.5. The molecule has 4 heteroatoms. The topological polar surface area (TPSA) is 41.1 Å². The van der Waals surface area contributed by atoms with E-state index in [9.17, 15) is 4.79 Å². The fraction of sp³-hybridized carbons (Fsp3) is 0.562. The van der Waals surface area contributed by atoms with Crippen LogP contribution >= 0.6 is 11.8 Å². The van der Waals surface area contributed by atoms with Crippen molar-refractivity contribution in [2.45, 2.75) is 31.7 Å². The number of carbonyl (C=O) groups is 1. The average Bonchev–Trinajstić information content (AvgIpc) is 2.96. The molecule has 1 heterocycles. The summed E-state index contributed by atoms with van der Waals surface area (Å²) in [7, 11) is 0. The number of benzene rings is 1. The van der Waals surface area contributed by atoms with Crippen molar-refractivity contribution in [1.29, 1.82) is 0 Å². The maximum absolute atomic E-state index is 12.1. The van der Waals surface area contributed by atoms with E-state index in [1.54, 1.807) is 11.8 Å². The molecule has 1 atom stereocenters. The Morgan fingerprint density at radius 3 is 2.75 bits per heavy atom. The number of hydrogen-bond donors (Lipinski definition) is 2. The van der Waals surface area contributed by atoms with Crippen LogP contribution in [0.1, 0.15) is 24.8 Å². The van der Waals surface area contributed by atoms with Gasteiger partial charge in [-0.3, -0.25) is 10.1 Å². The minimum atomic E-state index is 0.00820. The van der Waals surface area contributed by atoms with Gasteiger partial charge in [0.2, 0.25) is 5.91 Å². The molecular formula is C16H22N2OS. The summed E-state index contributed by atoms with van der Waals surface area (Å²) in [6, 6.07) is 10.6. The number of nitrogens with one attached hydrogen (secondary N) is 2. The van der Waals surface area contributed by atoms with E-state index < -0.39 is 0 Å². The van der Waals surface area contributed by atoms with E-state index in [2.05, 4.69) is 41.0 Å². The average molecular weight is 290 g/mol. The van der Waals surface area contributed by atoms with Crippen LogP contribution in [0.2, 0.25) is 0 Å². The van der Waals surface area contributed by atoms with Crippen molar-refractivity contribution in [1.82, 2.24) is 10.6 Å². The van der Waals surface area contributed by atoms with Crippen molar-refractivity contribution in [2.75, 3.05) is 18.2 Å². The zero-order valence-electron chi connectivity index (χ0n) is 11.7. The van der Waals surface area contributed by atoms with E-state index in [1.165, 1.54) is 24.8 Å². The van der Waals surface area contributed by atoms with Crippen LogP contribution in [0.5, 0.6) is 0 Å². The number of hydrogen-bond acceptors (Lipinski definition) is 3. The lowest BCUT2D eigenvalue weighted by atomic mass is 9.65. The molecule has 0 aromatic heterocycles. The van der Waals surface area contributed by atoms with Crippen molar-refractivity contribution in [2.24, 2.45) is 5.41 Å². The second kappa shape index (κ2) is 6.19. The van der Waals surface area contributed by atoms with Gasteiger partial charge in [-0.25, -0.2) is 0 Å². The highest BCUT2D eigenvalue weighted by molar-refractivity contribution is 7.99. The van der Waals surface area contributed by atoms with Gasteiger partial charge in [-0.05, 0) is 30.2 Å². The number of thioether (sulfide) groups is 1. The van der Waals surface area contributed by atoms with Crippen molar-refractivity contribution >= 4 is 17.7 Å². The predicted octanol–water partition coefficient (Wildman–Crippen LogP) is 2.18.